The molecule has 0 aliphatic carbocycles. The van der Waals surface area contributed by atoms with Crippen LogP contribution in [0.4, 0.5) is 0 Å². The molecule has 0 heterocycles. The van der Waals surface area contributed by atoms with Gasteiger partial charge in [-0.25, -0.2) is 0 Å². The summed E-state index contributed by atoms with van der Waals surface area (Å²) in [6, 6.07) is 0. The Morgan fingerprint density at radius 2 is 1.75 bits per heavy atom. The molecule has 2 nitrogen and oxygen atoms in total. The Balaban J connectivity index is 3.06. The van der Waals surface area contributed by atoms with E-state index in [-0.39, 0.29) is 0 Å². The molecule has 0 aromatic heterocycles. The van der Waals surface area contributed by atoms with Crippen LogP contribution >= 0.6 is 17.1 Å². The predicted octanol–water partition coefficient (Wildman–Crippen LogP) is 2.90. The number of rotatable bonds is 7. The van der Waals surface area contributed by atoms with Crippen LogP contribution in [0, 0.1) is 0 Å². The lowest BCUT2D eigenvalue weighted by atomic mass is 10.2. The summed E-state index contributed by atoms with van der Waals surface area (Å²) in [6.07, 6.45) is 5.99. The van der Waals surface area contributed by atoms with E-state index in [2.05, 4.69) is 18.7 Å². The van der Waals surface area contributed by atoms with Crippen molar-refractivity contribution in [1.29, 1.82) is 0 Å². The highest BCUT2D eigenvalue weighted by atomic mass is 32.9. The van der Waals surface area contributed by atoms with Gasteiger partial charge in [-0.15, -0.1) is 0 Å². The van der Waals surface area contributed by atoms with Gasteiger partial charge in [0, 0.05) is 5.75 Å². The van der Waals surface area contributed by atoms with Crippen molar-refractivity contribution in [1.82, 2.24) is 0 Å². The Morgan fingerprint density at radius 1 is 1.17 bits per heavy atom. The minimum Gasteiger partial charge on any atom is -0.338 e. The first-order valence-electron chi connectivity index (χ1n) is 4.26. The van der Waals surface area contributed by atoms with E-state index in [1.54, 1.807) is 0 Å². The quantitative estimate of drug-likeness (QED) is 0.519. The Morgan fingerprint density at radius 3 is 2.25 bits per heavy atom. The minimum atomic E-state index is -2.97. The number of hydrogen-bond acceptors (Lipinski definition) is 2. The highest BCUT2D eigenvalue weighted by Crippen LogP contribution is 2.50. The monoisotopic (exact) mass is 228 g/mol. The highest BCUT2D eigenvalue weighted by Gasteiger charge is 2.06. The molecule has 0 aromatic carbocycles. The van der Waals surface area contributed by atoms with Crippen molar-refractivity contribution < 1.29 is 9.79 Å². The Labute approximate surface area is 83.7 Å². The molecule has 0 radical (unpaired) electrons. The Kier molecular flexibility index (Phi) is 7.90. The third kappa shape index (κ3) is 10.9. The largest absolute Gasteiger partial charge is 0.338 e. The van der Waals surface area contributed by atoms with Crippen molar-refractivity contribution in [2.45, 2.75) is 39.0 Å². The molecule has 0 atom stereocenters. The van der Waals surface area contributed by atoms with Crippen LogP contribution in [-0.4, -0.2) is 15.5 Å². The molecule has 12 heavy (non-hydrogen) atoms. The van der Waals surface area contributed by atoms with E-state index in [9.17, 15) is 0 Å². The summed E-state index contributed by atoms with van der Waals surface area (Å²) in [6.45, 7) is 2.18. The van der Waals surface area contributed by atoms with E-state index in [1.807, 2.05) is 0 Å². The lowest BCUT2D eigenvalue weighted by Crippen LogP contribution is -1.81. The predicted molar refractivity (Wildman–Crippen MR) is 59.9 cm³/mol. The summed E-state index contributed by atoms with van der Waals surface area (Å²) in [5.41, 5.74) is -2.97. The normalized spacial score (nSPS) is 11.9. The zero-order valence-electron chi connectivity index (χ0n) is 7.40. The van der Waals surface area contributed by atoms with E-state index in [0.717, 1.165) is 23.6 Å². The van der Waals surface area contributed by atoms with Gasteiger partial charge in [0.1, 0.15) is 0 Å². The topological polar surface area (TPSA) is 40.5 Å². The van der Waals surface area contributed by atoms with E-state index < -0.39 is 5.69 Å². The molecule has 0 aliphatic rings. The molecule has 0 rings (SSSR count). The van der Waals surface area contributed by atoms with Crippen molar-refractivity contribution >= 4 is 28.9 Å². The first kappa shape index (κ1) is 12.9. The zero-order valence-corrected chi connectivity index (χ0v) is 9.93. The van der Waals surface area contributed by atoms with Crippen molar-refractivity contribution in [3.05, 3.63) is 0 Å². The molecular weight excluding hydrogens is 211 g/mol. The fraction of sp³-hybridized carbons (Fsp3) is 1.00. The molecule has 0 amide bonds. The summed E-state index contributed by atoms with van der Waals surface area (Å²) in [5.74, 6) is 0.786. The molecule has 0 aliphatic heterocycles. The van der Waals surface area contributed by atoms with Gasteiger partial charge in [-0.2, -0.15) is 0 Å². The van der Waals surface area contributed by atoms with Crippen LogP contribution in [0.2, 0.25) is 0 Å². The molecule has 0 fully saturated rings. The Bertz CT molecular complexity index is 146. The van der Waals surface area contributed by atoms with Crippen LogP contribution in [0.1, 0.15) is 39.0 Å². The van der Waals surface area contributed by atoms with Crippen molar-refractivity contribution in [2.75, 3.05) is 5.75 Å². The van der Waals surface area contributed by atoms with Crippen molar-refractivity contribution in [3.8, 4) is 0 Å². The molecule has 0 unspecified atom stereocenters. The summed E-state index contributed by atoms with van der Waals surface area (Å²) in [5, 5.41) is 0. The maximum atomic E-state index is 8.86. The average Bonchev–Trinajstić information content (AvgIpc) is 1.94. The van der Waals surface area contributed by atoms with E-state index in [4.69, 9.17) is 9.79 Å². The van der Waals surface area contributed by atoms with Gasteiger partial charge in [0.05, 0.1) is 0 Å². The molecule has 2 N–H and O–H groups in total. The van der Waals surface area contributed by atoms with E-state index in [1.165, 1.54) is 25.7 Å². The third-order valence-corrected chi connectivity index (χ3v) is 4.82. The fourth-order valence-electron chi connectivity index (χ4n) is 0.889. The van der Waals surface area contributed by atoms with Crippen LogP contribution in [0.3, 0.4) is 0 Å². The highest BCUT2D eigenvalue weighted by molar-refractivity contribution is 8.67. The van der Waals surface area contributed by atoms with Crippen molar-refractivity contribution in [3.63, 3.8) is 0 Å². The second kappa shape index (κ2) is 7.34. The molecule has 0 spiro atoms. The minimum absolute atomic E-state index is 0.786. The summed E-state index contributed by atoms with van der Waals surface area (Å²) in [4.78, 5) is 17.7. The van der Waals surface area contributed by atoms with Gasteiger partial charge in [-0.3, -0.25) is 0 Å². The van der Waals surface area contributed by atoms with Gasteiger partial charge in [0.2, 0.25) is 5.69 Å². The first-order valence-corrected chi connectivity index (χ1v) is 8.56. The first-order chi connectivity index (χ1) is 5.56. The Hall–Kier alpha value is 0.920. The molecule has 0 aromatic rings. The van der Waals surface area contributed by atoms with Crippen molar-refractivity contribution in [2.24, 2.45) is 0 Å². The van der Waals surface area contributed by atoms with Gasteiger partial charge in [0.15, 0.2) is 0 Å². The third-order valence-electron chi connectivity index (χ3n) is 1.51. The number of unbranched alkanes of at least 4 members (excludes halogenated alkanes) is 4. The van der Waals surface area contributed by atoms with Crippen LogP contribution < -0.4 is 0 Å². The maximum absolute atomic E-state index is 8.86. The van der Waals surface area contributed by atoms with Gasteiger partial charge in [-0.1, -0.05) is 44.0 Å². The number of hydrogen-bond donors (Lipinski definition) is 2. The van der Waals surface area contributed by atoms with Crippen LogP contribution in [0.15, 0.2) is 0 Å². The lowest BCUT2D eigenvalue weighted by Gasteiger charge is -2.05. The van der Waals surface area contributed by atoms with E-state index >= 15 is 0 Å². The van der Waals surface area contributed by atoms with Crippen LogP contribution in [0.5, 0.6) is 0 Å². The van der Waals surface area contributed by atoms with Crippen LogP contribution in [0.25, 0.3) is 0 Å². The molecule has 0 saturated carbocycles. The maximum Gasteiger partial charge on any atom is 0.242 e. The molecule has 5 heteroatoms. The van der Waals surface area contributed by atoms with Gasteiger partial charge < -0.3 is 9.79 Å². The average molecular weight is 228 g/mol. The van der Waals surface area contributed by atoms with Gasteiger partial charge in [-0.05, 0) is 18.2 Å². The zero-order chi connectivity index (χ0) is 9.45. The SMILES string of the molecule is CCCCCCCSP(O)(O)=S. The second-order valence-corrected chi connectivity index (χ2v) is 8.91. The molecule has 74 valence electrons. The van der Waals surface area contributed by atoms with E-state index in [0.29, 0.717) is 0 Å². The summed E-state index contributed by atoms with van der Waals surface area (Å²) >= 11 is 5.60. The lowest BCUT2D eigenvalue weighted by molar-refractivity contribution is 0.502. The van der Waals surface area contributed by atoms with Crippen LogP contribution in [-0.2, 0) is 11.8 Å². The molecular formula is C7H17O2PS2. The standard InChI is InChI=1S/C7H17O2PS2/c1-2-3-4-5-6-7-12-10(8,9)11/h2-7H2,1H3,(H2,8,9,11). The molecule has 0 saturated heterocycles. The second-order valence-electron chi connectivity index (χ2n) is 2.74. The summed E-state index contributed by atoms with van der Waals surface area (Å²) in [7, 11) is 0. The molecule has 0 bridgehead atoms. The summed E-state index contributed by atoms with van der Waals surface area (Å²) < 4.78 is 0. The fourth-order valence-corrected chi connectivity index (χ4v) is 3.23. The van der Waals surface area contributed by atoms with Gasteiger partial charge >= 0.3 is 0 Å². The smallest absolute Gasteiger partial charge is 0.242 e. The van der Waals surface area contributed by atoms with Gasteiger partial charge in [0.25, 0.3) is 0 Å².